The molecular formula is C29H30N4O7. The Kier molecular flexibility index (Phi) is 8.85. The zero-order valence-corrected chi connectivity index (χ0v) is 22.6. The van der Waals surface area contributed by atoms with Crippen LogP contribution in [0.3, 0.4) is 0 Å². The van der Waals surface area contributed by atoms with Gasteiger partial charge >= 0.3 is 12.0 Å². The van der Waals surface area contributed by atoms with Crippen molar-refractivity contribution in [2.24, 2.45) is 5.10 Å². The van der Waals surface area contributed by atoms with Crippen LogP contribution >= 0.6 is 0 Å². The Hall–Kier alpha value is -5.06. The second-order valence-corrected chi connectivity index (χ2v) is 8.69. The first-order chi connectivity index (χ1) is 19.4. The molecule has 1 heterocycles. The molecule has 1 aliphatic rings. The SMILES string of the molecule is CCOC(=O)C1=C(C)NC(=O)N[C@H]1c1ccc(OCC(=O)N/N=C\c2ccc(OC)c3ccccc23)c(OC)c1. The minimum Gasteiger partial charge on any atom is -0.496 e. The number of amides is 3. The Labute approximate surface area is 231 Å². The number of allylic oxidation sites excluding steroid dienone is 1. The largest absolute Gasteiger partial charge is 0.496 e. The number of nitrogens with one attached hydrogen (secondary N) is 3. The molecule has 3 aromatic rings. The summed E-state index contributed by atoms with van der Waals surface area (Å²) in [6.07, 6.45) is 1.55. The fraction of sp³-hybridized carbons (Fsp3) is 0.241. The lowest BCUT2D eigenvalue weighted by Crippen LogP contribution is -2.45. The lowest BCUT2D eigenvalue weighted by molar-refractivity contribution is -0.139. The quantitative estimate of drug-likeness (QED) is 0.201. The Bertz CT molecular complexity index is 1500. The monoisotopic (exact) mass is 546 g/mol. The predicted molar refractivity (Wildman–Crippen MR) is 148 cm³/mol. The van der Waals surface area contributed by atoms with Crippen LogP contribution in [0.4, 0.5) is 4.79 Å². The van der Waals surface area contributed by atoms with Gasteiger partial charge in [-0.2, -0.15) is 5.10 Å². The summed E-state index contributed by atoms with van der Waals surface area (Å²) in [4.78, 5) is 37.1. The smallest absolute Gasteiger partial charge is 0.338 e. The van der Waals surface area contributed by atoms with Crippen molar-refractivity contribution in [1.29, 1.82) is 0 Å². The molecule has 0 aliphatic carbocycles. The van der Waals surface area contributed by atoms with Crippen LogP contribution in [0.5, 0.6) is 17.2 Å². The van der Waals surface area contributed by atoms with Gasteiger partial charge in [0.05, 0.1) is 38.7 Å². The van der Waals surface area contributed by atoms with E-state index in [0.717, 1.165) is 22.1 Å². The maximum Gasteiger partial charge on any atom is 0.338 e. The van der Waals surface area contributed by atoms with Gasteiger partial charge in [-0.3, -0.25) is 4.79 Å². The van der Waals surface area contributed by atoms with Crippen LogP contribution in [0.15, 0.2) is 71.0 Å². The summed E-state index contributed by atoms with van der Waals surface area (Å²) in [7, 11) is 3.06. The molecule has 11 heteroatoms. The molecule has 11 nitrogen and oxygen atoms in total. The van der Waals surface area contributed by atoms with Crippen molar-refractivity contribution in [3.05, 3.63) is 77.0 Å². The number of carbonyl (C=O) groups excluding carboxylic acids is 3. The fourth-order valence-corrected chi connectivity index (χ4v) is 4.34. The van der Waals surface area contributed by atoms with Crippen molar-refractivity contribution < 1.29 is 33.3 Å². The molecule has 3 N–H and O–H groups in total. The van der Waals surface area contributed by atoms with E-state index in [1.165, 1.54) is 7.11 Å². The molecule has 0 bridgehead atoms. The van der Waals surface area contributed by atoms with E-state index in [4.69, 9.17) is 18.9 Å². The molecule has 0 fully saturated rings. The van der Waals surface area contributed by atoms with Crippen LogP contribution in [0.25, 0.3) is 10.8 Å². The van der Waals surface area contributed by atoms with Gasteiger partial charge in [0.25, 0.3) is 5.91 Å². The average Bonchev–Trinajstić information content (AvgIpc) is 2.95. The summed E-state index contributed by atoms with van der Waals surface area (Å²) in [6, 6.07) is 15.1. The van der Waals surface area contributed by atoms with Gasteiger partial charge in [0, 0.05) is 16.6 Å². The summed E-state index contributed by atoms with van der Waals surface area (Å²) in [5, 5.41) is 11.3. The highest BCUT2D eigenvalue weighted by atomic mass is 16.5. The van der Waals surface area contributed by atoms with E-state index >= 15 is 0 Å². The van der Waals surface area contributed by atoms with Gasteiger partial charge in [-0.05, 0) is 49.1 Å². The summed E-state index contributed by atoms with van der Waals surface area (Å²) in [5.41, 5.74) is 4.51. The van der Waals surface area contributed by atoms with E-state index in [0.29, 0.717) is 22.8 Å². The number of methoxy groups -OCH3 is 2. The van der Waals surface area contributed by atoms with Crippen LogP contribution in [-0.4, -0.2) is 51.6 Å². The van der Waals surface area contributed by atoms with E-state index in [1.807, 2.05) is 36.4 Å². The van der Waals surface area contributed by atoms with E-state index in [2.05, 4.69) is 21.2 Å². The van der Waals surface area contributed by atoms with E-state index < -0.39 is 23.9 Å². The van der Waals surface area contributed by atoms with Gasteiger partial charge in [-0.25, -0.2) is 15.0 Å². The Balaban J connectivity index is 1.43. The number of urea groups is 1. The number of carbonyl (C=O) groups is 3. The first kappa shape index (κ1) is 28.0. The number of esters is 1. The Morgan fingerprint density at radius 1 is 1.00 bits per heavy atom. The van der Waals surface area contributed by atoms with Crippen molar-refractivity contribution in [3.8, 4) is 17.2 Å². The summed E-state index contributed by atoms with van der Waals surface area (Å²) >= 11 is 0. The van der Waals surface area contributed by atoms with E-state index in [9.17, 15) is 14.4 Å². The van der Waals surface area contributed by atoms with Crippen LogP contribution in [0.2, 0.25) is 0 Å². The Morgan fingerprint density at radius 2 is 1.73 bits per heavy atom. The third-order valence-electron chi connectivity index (χ3n) is 6.17. The normalized spacial score (nSPS) is 14.9. The second-order valence-electron chi connectivity index (χ2n) is 8.69. The highest BCUT2D eigenvalue weighted by molar-refractivity contribution is 6.02. The lowest BCUT2D eigenvalue weighted by atomic mass is 9.95. The van der Waals surface area contributed by atoms with Gasteiger partial charge in [-0.15, -0.1) is 0 Å². The highest BCUT2D eigenvalue weighted by Crippen LogP contribution is 2.34. The molecule has 208 valence electrons. The number of fused-ring (bicyclic) bond motifs is 1. The third-order valence-corrected chi connectivity index (χ3v) is 6.17. The maximum absolute atomic E-state index is 12.6. The lowest BCUT2D eigenvalue weighted by Gasteiger charge is -2.28. The molecule has 0 spiro atoms. The van der Waals surface area contributed by atoms with Gasteiger partial charge in [0.2, 0.25) is 0 Å². The molecule has 0 saturated carbocycles. The number of ether oxygens (including phenoxy) is 4. The molecular weight excluding hydrogens is 516 g/mol. The van der Waals surface area contributed by atoms with Crippen molar-refractivity contribution in [3.63, 3.8) is 0 Å². The number of hydrogen-bond donors (Lipinski definition) is 3. The second kappa shape index (κ2) is 12.7. The van der Waals surface area contributed by atoms with Crippen LogP contribution < -0.4 is 30.3 Å². The van der Waals surface area contributed by atoms with E-state index in [-0.39, 0.29) is 18.8 Å². The number of rotatable bonds is 10. The summed E-state index contributed by atoms with van der Waals surface area (Å²) < 4.78 is 21.7. The average molecular weight is 547 g/mol. The molecule has 4 rings (SSSR count). The molecule has 1 atom stereocenters. The number of benzene rings is 3. The minimum atomic E-state index is -0.762. The van der Waals surface area contributed by atoms with Gasteiger partial charge < -0.3 is 29.6 Å². The number of nitrogens with zero attached hydrogens (tertiary/aromatic N) is 1. The number of hydrazone groups is 1. The molecule has 0 radical (unpaired) electrons. The van der Waals surface area contributed by atoms with Crippen molar-refractivity contribution in [2.45, 2.75) is 19.9 Å². The maximum atomic E-state index is 12.6. The molecule has 3 amide bonds. The fourth-order valence-electron chi connectivity index (χ4n) is 4.34. The molecule has 0 aromatic heterocycles. The first-order valence-corrected chi connectivity index (χ1v) is 12.5. The zero-order chi connectivity index (χ0) is 28.6. The highest BCUT2D eigenvalue weighted by Gasteiger charge is 2.32. The minimum absolute atomic E-state index is 0.190. The molecule has 0 saturated heterocycles. The molecule has 3 aromatic carbocycles. The van der Waals surface area contributed by atoms with Crippen LogP contribution in [-0.2, 0) is 14.3 Å². The van der Waals surface area contributed by atoms with Crippen molar-refractivity contribution in [2.75, 3.05) is 27.4 Å². The number of hydrogen-bond acceptors (Lipinski definition) is 8. The molecule has 0 unspecified atom stereocenters. The molecule has 1 aliphatic heterocycles. The standard InChI is InChI=1S/C29H30N4O7/c1-5-39-28(35)26-17(2)31-29(36)32-27(26)18-10-13-23(24(14-18)38-4)40-16-25(34)33-30-15-19-11-12-22(37-3)21-9-7-6-8-20(19)21/h6-15,27H,5,16H2,1-4H3,(H,33,34)(H2,31,32,36)/b30-15-/t27-/m0/s1. The predicted octanol–water partition coefficient (Wildman–Crippen LogP) is 3.58. The third kappa shape index (κ3) is 6.15. The molecule has 40 heavy (non-hydrogen) atoms. The Morgan fingerprint density at radius 3 is 2.45 bits per heavy atom. The van der Waals surface area contributed by atoms with Crippen LogP contribution in [0, 0.1) is 0 Å². The van der Waals surface area contributed by atoms with Gasteiger partial charge in [-0.1, -0.05) is 30.3 Å². The van der Waals surface area contributed by atoms with Gasteiger partial charge in [0.15, 0.2) is 18.1 Å². The van der Waals surface area contributed by atoms with E-state index in [1.54, 1.807) is 45.4 Å². The first-order valence-electron chi connectivity index (χ1n) is 12.5. The topological polar surface area (TPSA) is 137 Å². The summed E-state index contributed by atoms with van der Waals surface area (Å²) in [6.45, 7) is 3.20. The van der Waals surface area contributed by atoms with Crippen LogP contribution in [0.1, 0.15) is 31.0 Å². The van der Waals surface area contributed by atoms with Crippen molar-refractivity contribution >= 4 is 34.9 Å². The summed E-state index contributed by atoms with van der Waals surface area (Å²) in [5.74, 6) is 0.332. The zero-order valence-electron chi connectivity index (χ0n) is 22.6. The van der Waals surface area contributed by atoms with Gasteiger partial charge in [0.1, 0.15) is 5.75 Å². The van der Waals surface area contributed by atoms with Crippen molar-refractivity contribution in [1.82, 2.24) is 16.1 Å².